The highest BCUT2D eigenvalue weighted by Gasteiger charge is 2.13. The number of ether oxygens (including phenoxy) is 2. The summed E-state index contributed by atoms with van der Waals surface area (Å²) in [5, 5.41) is 0. The van der Waals surface area contributed by atoms with Gasteiger partial charge in [0.15, 0.2) is 11.5 Å². The number of likely N-dealkylation sites (tertiary alicyclic amines) is 1. The molecule has 0 aromatic heterocycles. The molecule has 4 nitrogen and oxygen atoms in total. The van der Waals surface area contributed by atoms with E-state index in [4.69, 9.17) is 15.2 Å². The number of anilines is 1. The van der Waals surface area contributed by atoms with Gasteiger partial charge in [0.2, 0.25) is 0 Å². The van der Waals surface area contributed by atoms with E-state index in [0.29, 0.717) is 17.2 Å². The molecule has 0 radical (unpaired) electrons. The van der Waals surface area contributed by atoms with Gasteiger partial charge in [-0.3, -0.25) is 4.90 Å². The molecule has 1 fully saturated rings. The molecule has 0 saturated carbocycles. The molecule has 0 atom stereocenters. The van der Waals surface area contributed by atoms with Crippen LogP contribution in [0, 0.1) is 0 Å². The molecule has 106 valence electrons. The van der Waals surface area contributed by atoms with Gasteiger partial charge < -0.3 is 15.2 Å². The van der Waals surface area contributed by atoms with Crippen molar-refractivity contribution in [3.63, 3.8) is 0 Å². The Morgan fingerprint density at radius 2 is 1.74 bits per heavy atom. The van der Waals surface area contributed by atoms with Crippen molar-refractivity contribution < 1.29 is 9.47 Å². The molecule has 2 rings (SSSR count). The monoisotopic (exact) mass is 264 g/mol. The largest absolute Gasteiger partial charge is 0.493 e. The van der Waals surface area contributed by atoms with Gasteiger partial charge in [-0.2, -0.15) is 0 Å². The molecule has 2 N–H and O–H groups in total. The first-order valence-electron chi connectivity index (χ1n) is 6.97. The van der Waals surface area contributed by atoms with Crippen LogP contribution in [0.3, 0.4) is 0 Å². The van der Waals surface area contributed by atoms with Crippen LogP contribution in [-0.4, -0.2) is 32.2 Å². The highest BCUT2D eigenvalue weighted by molar-refractivity contribution is 5.62. The zero-order valence-corrected chi connectivity index (χ0v) is 11.9. The Morgan fingerprint density at radius 1 is 1.05 bits per heavy atom. The van der Waals surface area contributed by atoms with Gasteiger partial charge in [0, 0.05) is 6.54 Å². The Balaban J connectivity index is 2.13. The Bertz CT molecular complexity index is 413. The lowest BCUT2D eigenvalue weighted by atomic mass is 10.1. The molecule has 1 saturated heterocycles. The van der Waals surface area contributed by atoms with Crippen molar-refractivity contribution in [3.8, 4) is 11.5 Å². The number of rotatable bonds is 4. The molecular formula is C15H24N2O2. The van der Waals surface area contributed by atoms with Crippen molar-refractivity contribution in [3.05, 3.63) is 17.7 Å². The SMILES string of the molecule is COc1cc(CN2CCCCCC2)cc(N)c1OC. The van der Waals surface area contributed by atoms with Gasteiger partial charge in [-0.25, -0.2) is 0 Å². The Hall–Kier alpha value is -1.42. The normalized spacial score (nSPS) is 16.9. The van der Waals surface area contributed by atoms with Crippen LogP contribution in [-0.2, 0) is 6.54 Å². The molecule has 0 spiro atoms. The third-order valence-corrected chi connectivity index (χ3v) is 3.67. The minimum Gasteiger partial charge on any atom is -0.493 e. The molecular weight excluding hydrogens is 240 g/mol. The molecule has 0 amide bonds. The van der Waals surface area contributed by atoms with Crippen molar-refractivity contribution in [2.45, 2.75) is 32.2 Å². The van der Waals surface area contributed by atoms with E-state index >= 15 is 0 Å². The molecule has 19 heavy (non-hydrogen) atoms. The second-order valence-electron chi connectivity index (χ2n) is 5.11. The maximum atomic E-state index is 6.02. The van der Waals surface area contributed by atoms with E-state index in [0.717, 1.165) is 6.54 Å². The fourth-order valence-corrected chi connectivity index (χ4v) is 2.70. The summed E-state index contributed by atoms with van der Waals surface area (Å²) >= 11 is 0. The van der Waals surface area contributed by atoms with Gasteiger partial charge in [0.05, 0.1) is 19.9 Å². The summed E-state index contributed by atoms with van der Waals surface area (Å²) in [7, 11) is 3.26. The summed E-state index contributed by atoms with van der Waals surface area (Å²) in [6, 6.07) is 4.02. The molecule has 0 unspecified atom stereocenters. The number of hydrogen-bond acceptors (Lipinski definition) is 4. The number of nitrogens with two attached hydrogens (primary N) is 1. The summed E-state index contributed by atoms with van der Waals surface area (Å²) in [6.45, 7) is 3.28. The second-order valence-corrected chi connectivity index (χ2v) is 5.11. The van der Waals surface area contributed by atoms with Crippen LogP contribution < -0.4 is 15.2 Å². The minimum absolute atomic E-state index is 0.627. The molecule has 0 bridgehead atoms. The number of methoxy groups -OCH3 is 2. The van der Waals surface area contributed by atoms with Gasteiger partial charge in [0.25, 0.3) is 0 Å². The number of hydrogen-bond donors (Lipinski definition) is 1. The standard InChI is InChI=1S/C15H24N2O2/c1-18-14-10-12(9-13(16)15(14)19-2)11-17-7-5-3-4-6-8-17/h9-10H,3-8,11,16H2,1-2H3. The third kappa shape index (κ3) is 3.53. The van der Waals surface area contributed by atoms with Crippen molar-refractivity contribution >= 4 is 5.69 Å². The van der Waals surface area contributed by atoms with Crippen LogP contribution >= 0.6 is 0 Å². The van der Waals surface area contributed by atoms with Crippen molar-refractivity contribution in [1.29, 1.82) is 0 Å². The molecule has 0 aliphatic carbocycles. The average molecular weight is 264 g/mol. The van der Waals surface area contributed by atoms with Crippen molar-refractivity contribution in [2.75, 3.05) is 33.0 Å². The van der Waals surface area contributed by atoms with Gasteiger partial charge in [-0.05, 0) is 43.6 Å². The van der Waals surface area contributed by atoms with Gasteiger partial charge in [0.1, 0.15) is 0 Å². The smallest absolute Gasteiger partial charge is 0.183 e. The zero-order chi connectivity index (χ0) is 13.7. The van der Waals surface area contributed by atoms with E-state index < -0.39 is 0 Å². The Labute approximate surface area is 115 Å². The molecule has 4 heteroatoms. The summed E-state index contributed by atoms with van der Waals surface area (Å²) < 4.78 is 10.6. The predicted molar refractivity (Wildman–Crippen MR) is 77.7 cm³/mol. The van der Waals surface area contributed by atoms with Gasteiger partial charge in [-0.15, -0.1) is 0 Å². The summed E-state index contributed by atoms with van der Waals surface area (Å²) in [5.41, 5.74) is 7.86. The van der Waals surface area contributed by atoms with E-state index in [1.807, 2.05) is 12.1 Å². The fraction of sp³-hybridized carbons (Fsp3) is 0.600. The van der Waals surface area contributed by atoms with Crippen molar-refractivity contribution in [2.24, 2.45) is 0 Å². The topological polar surface area (TPSA) is 47.7 Å². The fourth-order valence-electron chi connectivity index (χ4n) is 2.70. The van der Waals surface area contributed by atoms with Crippen LogP contribution in [0.25, 0.3) is 0 Å². The highest BCUT2D eigenvalue weighted by Crippen LogP contribution is 2.34. The molecule has 1 heterocycles. The summed E-state index contributed by atoms with van der Waals surface area (Å²) in [4.78, 5) is 2.49. The van der Waals surface area contributed by atoms with Crippen LogP contribution in [0.4, 0.5) is 5.69 Å². The van der Waals surface area contributed by atoms with E-state index in [1.54, 1.807) is 14.2 Å². The van der Waals surface area contributed by atoms with E-state index in [9.17, 15) is 0 Å². The maximum Gasteiger partial charge on any atom is 0.183 e. The number of benzene rings is 1. The predicted octanol–water partition coefficient (Wildman–Crippen LogP) is 2.66. The van der Waals surface area contributed by atoms with E-state index in [2.05, 4.69) is 4.90 Å². The average Bonchev–Trinajstić information content (AvgIpc) is 2.66. The molecule has 1 aliphatic rings. The van der Waals surface area contributed by atoms with Crippen LogP contribution in [0.15, 0.2) is 12.1 Å². The first-order chi connectivity index (χ1) is 9.24. The molecule has 1 aliphatic heterocycles. The number of nitrogen functional groups attached to an aromatic ring is 1. The first-order valence-corrected chi connectivity index (χ1v) is 6.97. The Kier molecular flexibility index (Phi) is 4.91. The van der Waals surface area contributed by atoms with Gasteiger partial charge in [-0.1, -0.05) is 12.8 Å². The first kappa shape index (κ1) is 14.0. The van der Waals surface area contributed by atoms with E-state index in [1.165, 1.54) is 44.3 Å². The lowest BCUT2D eigenvalue weighted by Crippen LogP contribution is -2.24. The molecule has 1 aromatic rings. The third-order valence-electron chi connectivity index (χ3n) is 3.67. The minimum atomic E-state index is 0.627. The zero-order valence-electron chi connectivity index (χ0n) is 11.9. The second kappa shape index (κ2) is 6.66. The molecule has 1 aromatic carbocycles. The van der Waals surface area contributed by atoms with Gasteiger partial charge >= 0.3 is 0 Å². The number of nitrogens with zero attached hydrogens (tertiary/aromatic N) is 1. The lowest BCUT2D eigenvalue weighted by molar-refractivity contribution is 0.276. The maximum absolute atomic E-state index is 6.02. The van der Waals surface area contributed by atoms with E-state index in [-0.39, 0.29) is 0 Å². The van der Waals surface area contributed by atoms with Crippen LogP contribution in [0.5, 0.6) is 11.5 Å². The lowest BCUT2D eigenvalue weighted by Gasteiger charge is -2.21. The quantitative estimate of drug-likeness (QED) is 0.849. The summed E-state index contributed by atoms with van der Waals surface area (Å²) in [5.74, 6) is 1.34. The van der Waals surface area contributed by atoms with Crippen molar-refractivity contribution in [1.82, 2.24) is 4.90 Å². The van der Waals surface area contributed by atoms with Crippen LogP contribution in [0.2, 0.25) is 0 Å². The summed E-state index contributed by atoms with van der Waals surface area (Å²) in [6.07, 6.45) is 5.29. The highest BCUT2D eigenvalue weighted by atomic mass is 16.5. The Morgan fingerprint density at radius 3 is 2.32 bits per heavy atom. The van der Waals surface area contributed by atoms with Crippen LogP contribution in [0.1, 0.15) is 31.2 Å².